The second kappa shape index (κ2) is 8.44. The molecule has 0 spiro atoms. The summed E-state index contributed by atoms with van der Waals surface area (Å²) < 4.78 is 12.0. The summed E-state index contributed by atoms with van der Waals surface area (Å²) in [7, 11) is 0. The molecular formula is C15H27N3O4S. The van der Waals surface area contributed by atoms with Crippen molar-refractivity contribution < 1.29 is 19.1 Å². The van der Waals surface area contributed by atoms with Crippen LogP contribution in [0, 0.1) is 5.92 Å². The van der Waals surface area contributed by atoms with Crippen molar-refractivity contribution in [1.82, 2.24) is 15.2 Å². The van der Waals surface area contributed by atoms with E-state index in [-0.39, 0.29) is 6.17 Å². The zero-order chi connectivity index (χ0) is 17.6. The minimum absolute atomic E-state index is 0.314. The Morgan fingerprint density at radius 1 is 1.39 bits per heavy atom. The Morgan fingerprint density at radius 2 is 2.04 bits per heavy atom. The van der Waals surface area contributed by atoms with Gasteiger partial charge < -0.3 is 20.2 Å². The smallest absolute Gasteiger partial charge is 0.408 e. The summed E-state index contributed by atoms with van der Waals surface area (Å²) in [5.41, 5.74) is 2.76. The van der Waals surface area contributed by atoms with Crippen LogP contribution in [0.3, 0.4) is 0 Å². The van der Waals surface area contributed by atoms with Crippen molar-refractivity contribution in [1.29, 1.82) is 0 Å². The fraction of sp³-hybridized carbons (Fsp3) is 0.733. The van der Waals surface area contributed by atoms with Crippen LogP contribution < -0.4 is 10.7 Å². The van der Waals surface area contributed by atoms with Crippen molar-refractivity contribution in [2.75, 3.05) is 6.61 Å². The Hall–Kier alpha value is -1.41. The van der Waals surface area contributed by atoms with Crippen LogP contribution in [0.4, 0.5) is 4.79 Å². The maximum atomic E-state index is 12.0. The van der Waals surface area contributed by atoms with Crippen LogP contribution in [-0.2, 0) is 14.3 Å². The summed E-state index contributed by atoms with van der Waals surface area (Å²) in [4.78, 5) is 23.8. The zero-order valence-corrected chi connectivity index (χ0v) is 15.5. The molecule has 0 unspecified atom stereocenters. The number of hydrogen-bond donors (Lipinski definition) is 2. The van der Waals surface area contributed by atoms with Gasteiger partial charge in [-0.3, -0.25) is 0 Å². The van der Waals surface area contributed by atoms with Crippen molar-refractivity contribution in [3.05, 3.63) is 11.1 Å². The molecule has 0 radical (unpaired) electrons. The van der Waals surface area contributed by atoms with Crippen LogP contribution in [0.25, 0.3) is 0 Å². The van der Waals surface area contributed by atoms with Gasteiger partial charge in [0.1, 0.15) is 17.5 Å². The molecule has 2 N–H and O–H groups in total. The van der Waals surface area contributed by atoms with E-state index in [1.54, 1.807) is 16.7 Å². The molecule has 0 aliphatic carbocycles. The summed E-state index contributed by atoms with van der Waals surface area (Å²) in [5.74, 6) is -0.0629. The zero-order valence-electron chi connectivity index (χ0n) is 14.6. The second-order valence-corrected chi connectivity index (χ2v) is 7.43. The Labute approximate surface area is 142 Å². The molecule has 0 aromatic rings. The summed E-state index contributed by atoms with van der Waals surface area (Å²) in [6.07, 6.45) is -0.114. The molecule has 0 saturated heterocycles. The van der Waals surface area contributed by atoms with Gasteiger partial charge in [0.2, 0.25) is 0 Å². The largest absolute Gasteiger partial charge is 0.461 e. The number of nitrogens with one attached hydrogen (secondary N) is 2. The average molecular weight is 345 g/mol. The van der Waals surface area contributed by atoms with E-state index in [0.717, 1.165) is 0 Å². The van der Waals surface area contributed by atoms with Crippen molar-refractivity contribution in [2.24, 2.45) is 5.92 Å². The number of carbonyl (C=O) groups excluding carboxylic acids is 2. The lowest BCUT2D eigenvalue weighted by Crippen LogP contribution is -2.51. The van der Waals surface area contributed by atoms with Gasteiger partial charge in [-0.05, 0) is 52.0 Å². The molecule has 1 aliphatic rings. The molecule has 1 atom stereocenters. The molecule has 23 heavy (non-hydrogen) atoms. The highest BCUT2D eigenvalue weighted by Gasteiger charge is 2.30. The highest BCUT2D eigenvalue weighted by atomic mass is 32.2. The van der Waals surface area contributed by atoms with Gasteiger partial charge in [-0.25, -0.2) is 9.59 Å². The van der Waals surface area contributed by atoms with Gasteiger partial charge >= 0.3 is 12.1 Å². The standard InChI is InChI=1S/C15H27N3O4S/c1-7-21-13(19)11-9-23-18(17-11)12(8-10(2)3)16-14(20)22-15(4,5)6/h9-10,12,17H,7-8H2,1-6H3,(H,16,20)/t12-/m0/s1. The molecule has 0 bridgehead atoms. The Balaban J connectivity index is 2.66. The van der Waals surface area contributed by atoms with Crippen molar-refractivity contribution >= 4 is 24.0 Å². The number of carbonyl (C=O) groups is 2. The number of nitrogens with zero attached hydrogens (tertiary/aromatic N) is 1. The van der Waals surface area contributed by atoms with Gasteiger partial charge in [-0.15, -0.1) is 4.41 Å². The first-order valence-electron chi connectivity index (χ1n) is 7.72. The summed E-state index contributed by atoms with van der Waals surface area (Å²) in [6, 6.07) is 0. The third-order valence-corrected chi connectivity index (χ3v) is 3.59. The fourth-order valence-corrected chi connectivity index (χ4v) is 2.64. The molecule has 1 rings (SSSR count). The van der Waals surface area contributed by atoms with Crippen molar-refractivity contribution in [3.8, 4) is 0 Å². The molecule has 1 amide bonds. The van der Waals surface area contributed by atoms with Crippen molar-refractivity contribution in [2.45, 2.75) is 59.7 Å². The minimum Gasteiger partial charge on any atom is -0.461 e. The first-order valence-corrected chi connectivity index (χ1v) is 8.55. The van der Waals surface area contributed by atoms with Crippen LogP contribution in [0.15, 0.2) is 11.1 Å². The van der Waals surface area contributed by atoms with Crippen LogP contribution in [-0.4, -0.2) is 34.9 Å². The van der Waals surface area contributed by atoms with Crippen molar-refractivity contribution in [3.63, 3.8) is 0 Å². The van der Waals surface area contributed by atoms with Crippen LogP contribution >= 0.6 is 11.9 Å². The molecule has 8 heteroatoms. The molecule has 1 heterocycles. The maximum absolute atomic E-state index is 12.0. The number of rotatable bonds is 6. The SMILES string of the molecule is CCOC(=O)C1=CSN([C@@H](CC(C)C)NC(=O)OC(C)(C)C)N1. The van der Waals surface area contributed by atoms with E-state index in [4.69, 9.17) is 9.47 Å². The van der Waals surface area contributed by atoms with Gasteiger partial charge in [-0.1, -0.05) is 13.8 Å². The van der Waals surface area contributed by atoms with E-state index in [1.165, 1.54) is 11.9 Å². The van der Waals surface area contributed by atoms with Gasteiger partial charge in [0.05, 0.1) is 6.61 Å². The number of amides is 1. The van der Waals surface area contributed by atoms with Crippen LogP contribution in [0.2, 0.25) is 0 Å². The number of alkyl carbamates (subject to hydrolysis) is 1. The van der Waals surface area contributed by atoms with Crippen LogP contribution in [0.1, 0.15) is 48.0 Å². The quantitative estimate of drug-likeness (QED) is 0.566. The third-order valence-electron chi connectivity index (χ3n) is 2.67. The first-order chi connectivity index (χ1) is 10.6. The molecule has 0 aromatic heterocycles. The Bertz CT molecular complexity index is 460. The Kier molecular flexibility index (Phi) is 7.21. The summed E-state index contributed by atoms with van der Waals surface area (Å²) in [6.45, 7) is 11.6. The van der Waals surface area contributed by atoms with Gasteiger partial charge in [0.25, 0.3) is 0 Å². The lowest BCUT2D eigenvalue weighted by molar-refractivity contribution is -0.139. The second-order valence-electron chi connectivity index (χ2n) is 6.59. The van der Waals surface area contributed by atoms with Crippen LogP contribution in [0.5, 0.6) is 0 Å². The highest BCUT2D eigenvalue weighted by Crippen LogP contribution is 2.25. The number of ether oxygens (including phenoxy) is 2. The maximum Gasteiger partial charge on any atom is 0.408 e. The van der Waals surface area contributed by atoms with E-state index < -0.39 is 17.7 Å². The van der Waals surface area contributed by atoms with E-state index in [2.05, 4.69) is 24.6 Å². The van der Waals surface area contributed by atoms with E-state index in [0.29, 0.717) is 24.6 Å². The molecule has 0 aromatic carbocycles. The monoisotopic (exact) mass is 345 g/mol. The number of hydrazine groups is 1. The highest BCUT2D eigenvalue weighted by molar-refractivity contribution is 8.00. The molecule has 132 valence electrons. The number of esters is 1. The molecule has 1 aliphatic heterocycles. The normalized spacial score (nSPS) is 16.6. The lowest BCUT2D eigenvalue weighted by atomic mass is 10.1. The molecular weight excluding hydrogens is 318 g/mol. The average Bonchev–Trinajstić information content (AvgIpc) is 2.84. The summed E-state index contributed by atoms with van der Waals surface area (Å²) in [5, 5.41) is 4.50. The lowest BCUT2D eigenvalue weighted by Gasteiger charge is -2.30. The number of hydrogen-bond acceptors (Lipinski definition) is 7. The van der Waals surface area contributed by atoms with Gasteiger partial charge in [0.15, 0.2) is 0 Å². The predicted octanol–water partition coefficient (Wildman–Crippen LogP) is 2.76. The Morgan fingerprint density at radius 3 is 2.57 bits per heavy atom. The molecule has 0 saturated carbocycles. The van der Waals surface area contributed by atoms with E-state index >= 15 is 0 Å². The topological polar surface area (TPSA) is 79.9 Å². The van der Waals surface area contributed by atoms with Gasteiger partial charge in [0, 0.05) is 5.41 Å². The van der Waals surface area contributed by atoms with Gasteiger partial charge in [-0.2, -0.15) is 0 Å². The molecule has 0 fully saturated rings. The predicted molar refractivity (Wildman–Crippen MR) is 89.9 cm³/mol. The first kappa shape index (κ1) is 19.6. The molecule has 7 nitrogen and oxygen atoms in total. The van der Waals surface area contributed by atoms with E-state index in [9.17, 15) is 9.59 Å². The van der Waals surface area contributed by atoms with E-state index in [1.807, 2.05) is 20.8 Å². The minimum atomic E-state index is -0.563. The fourth-order valence-electron chi connectivity index (χ4n) is 1.84. The summed E-state index contributed by atoms with van der Waals surface area (Å²) >= 11 is 1.30. The third kappa shape index (κ3) is 7.13.